The first-order valence-electron chi connectivity index (χ1n) is 12.8. The van der Waals surface area contributed by atoms with Gasteiger partial charge < -0.3 is 15.2 Å². The van der Waals surface area contributed by atoms with Gasteiger partial charge in [0.2, 0.25) is 0 Å². The molecule has 4 heterocycles. The summed E-state index contributed by atoms with van der Waals surface area (Å²) in [6.07, 6.45) is -0.321. The molecule has 0 saturated carbocycles. The minimum atomic E-state index is -4.61. The average Bonchev–Trinajstić information content (AvgIpc) is 3.43. The number of rotatable bonds is 5. The second-order valence-electron chi connectivity index (χ2n) is 9.44. The van der Waals surface area contributed by atoms with Gasteiger partial charge in [-0.1, -0.05) is 24.8 Å². The van der Waals surface area contributed by atoms with Crippen molar-refractivity contribution in [3.63, 3.8) is 0 Å². The molecule has 1 saturated heterocycles. The van der Waals surface area contributed by atoms with E-state index in [2.05, 4.69) is 43.9 Å². The highest BCUT2D eigenvalue weighted by atomic mass is 19.4. The number of likely N-dealkylation sites (N-methyl/N-ethyl adjacent to an activating group) is 1. The minimum Gasteiger partial charge on any atom is -0.346 e. The van der Waals surface area contributed by atoms with Gasteiger partial charge >= 0.3 is 6.18 Å². The maximum absolute atomic E-state index is 14.6. The molecular formula is C29H26F4N6O. The number of amides is 1. The topological polar surface area (TPSA) is 77.1 Å². The quantitative estimate of drug-likeness (QED) is 0.273. The van der Waals surface area contributed by atoms with Crippen LogP contribution >= 0.6 is 0 Å². The van der Waals surface area contributed by atoms with Gasteiger partial charge in [0.15, 0.2) is 5.82 Å². The predicted molar refractivity (Wildman–Crippen MR) is 143 cm³/mol. The van der Waals surface area contributed by atoms with Crippen LogP contribution in [-0.2, 0) is 12.7 Å². The molecule has 1 aromatic carbocycles. The van der Waals surface area contributed by atoms with Crippen LogP contribution in [0.5, 0.6) is 0 Å². The maximum atomic E-state index is 14.6. The first-order chi connectivity index (χ1) is 19.2. The van der Waals surface area contributed by atoms with Gasteiger partial charge in [0.05, 0.1) is 16.5 Å². The molecule has 5 rings (SSSR count). The molecule has 0 aliphatic carbocycles. The highest BCUT2D eigenvalue weighted by Crippen LogP contribution is 2.33. The Morgan fingerprint density at radius 1 is 1.05 bits per heavy atom. The van der Waals surface area contributed by atoms with E-state index in [1.165, 1.54) is 30.6 Å². The normalized spacial score (nSPS) is 14.6. The van der Waals surface area contributed by atoms with Crippen molar-refractivity contribution in [2.24, 2.45) is 0 Å². The standard InChI is InChI=1S/C29H26F4N6O/c1-2-38-11-13-39(14-12-38)18-22-6-5-20(16-24(22)29(31,32)33)28(40)37-25-15-19(7-9-34-25)3-4-21-17-36-27-23(26(21)30)8-10-35-27/h5-10,15-17H,2,11-14,18H2,1H3,(H,35,36)(H,34,37,40). The van der Waals surface area contributed by atoms with E-state index in [0.29, 0.717) is 29.7 Å². The van der Waals surface area contributed by atoms with Crippen LogP contribution in [0.25, 0.3) is 11.0 Å². The van der Waals surface area contributed by atoms with Crippen LogP contribution in [-0.4, -0.2) is 63.4 Å². The summed E-state index contributed by atoms with van der Waals surface area (Å²) in [6, 6.07) is 8.22. The van der Waals surface area contributed by atoms with Gasteiger partial charge in [-0.15, -0.1) is 0 Å². The molecular weight excluding hydrogens is 524 g/mol. The largest absolute Gasteiger partial charge is 0.416 e. The molecule has 0 unspecified atom stereocenters. The van der Waals surface area contributed by atoms with E-state index in [4.69, 9.17) is 0 Å². The van der Waals surface area contributed by atoms with Crippen molar-refractivity contribution in [3.05, 3.63) is 88.6 Å². The summed E-state index contributed by atoms with van der Waals surface area (Å²) in [5.74, 6) is 4.38. The Bertz CT molecular complexity index is 1600. The summed E-state index contributed by atoms with van der Waals surface area (Å²) in [5, 5.41) is 2.85. The molecule has 4 aromatic rings. The third-order valence-electron chi connectivity index (χ3n) is 6.85. The number of fused-ring (bicyclic) bond motifs is 1. The third-order valence-corrected chi connectivity index (χ3v) is 6.85. The van der Waals surface area contributed by atoms with E-state index < -0.39 is 23.5 Å². The molecule has 206 valence electrons. The Balaban J connectivity index is 1.31. The highest BCUT2D eigenvalue weighted by molar-refractivity contribution is 6.04. The van der Waals surface area contributed by atoms with Crippen molar-refractivity contribution >= 4 is 22.8 Å². The van der Waals surface area contributed by atoms with Crippen molar-refractivity contribution in [3.8, 4) is 11.8 Å². The zero-order chi connectivity index (χ0) is 28.3. The minimum absolute atomic E-state index is 0.0986. The van der Waals surface area contributed by atoms with E-state index in [-0.39, 0.29) is 29.1 Å². The Hall–Kier alpha value is -4.27. The molecule has 7 nitrogen and oxygen atoms in total. The summed E-state index contributed by atoms with van der Waals surface area (Å²) in [6.45, 7) is 6.11. The number of nitrogens with zero attached hydrogens (tertiary/aromatic N) is 4. The van der Waals surface area contributed by atoms with Gasteiger partial charge in [-0.3, -0.25) is 9.69 Å². The fourth-order valence-corrected chi connectivity index (χ4v) is 4.59. The summed E-state index contributed by atoms with van der Waals surface area (Å²) in [7, 11) is 0. The van der Waals surface area contributed by atoms with Crippen LogP contribution in [0.1, 0.15) is 39.5 Å². The van der Waals surface area contributed by atoms with Crippen molar-refractivity contribution < 1.29 is 22.4 Å². The summed E-state index contributed by atoms with van der Waals surface area (Å²) < 4.78 is 56.5. The molecule has 3 aromatic heterocycles. The number of piperazine rings is 1. The lowest BCUT2D eigenvalue weighted by Gasteiger charge is -2.34. The van der Waals surface area contributed by atoms with Crippen molar-refractivity contribution in [1.82, 2.24) is 24.8 Å². The van der Waals surface area contributed by atoms with Gasteiger partial charge in [0.25, 0.3) is 5.91 Å². The van der Waals surface area contributed by atoms with Crippen LogP contribution < -0.4 is 5.32 Å². The molecule has 1 fully saturated rings. The lowest BCUT2D eigenvalue weighted by atomic mass is 10.0. The number of aromatic nitrogens is 3. The molecule has 0 radical (unpaired) electrons. The Morgan fingerprint density at radius 2 is 1.82 bits per heavy atom. The Morgan fingerprint density at radius 3 is 2.58 bits per heavy atom. The number of alkyl halides is 3. The number of anilines is 1. The highest BCUT2D eigenvalue weighted by Gasteiger charge is 2.34. The van der Waals surface area contributed by atoms with Crippen molar-refractivity contribution in [2.45, 2.75) is 19.6 Å². The maximum Gasteiger partial charge on any atom is 0.416 e. The fourth-order valence-electron chi connectivity index (χ4n) is 4.59. The summed E-state index contributed by atoms with van der Waals surface area (Å²) >= 11 is 0. The second-order valence-corrected chi connectivity index (χ2v) is 9.44. The second kappa shape index (κ2) is 11.5. The van der Waals surface area contributed by atoms with Crippen molar-refractivity contribution in [1.29, 1.82) is 0 Å². The van der Waals surface area contributed by atoms with E-state index >= 15 is 0 Å². The zero-order valence-corrected chi connectivity index (χ0v) is 21.6. The van der Waals surface area contributed by atoms with Crippen LogP contribution in [0.4, 0.5) is 23.4 Å². The average molecular weight is 551 g/mol. The van der Waals surface area contributed by atoms with Gasteiger partial charge in [-0.25, -0.2) is 14.4 Å². The molecule has 1 aliphatic heterocycles. The number of benzene rings is 1. The smallest absolute Gasteiger partial charge is 0.346 e. The molecule has 2 N–H and O–H groups in total. The van der Waals surface area contributed by atoms with Crippen LogP contribution in [0.3, 0.4) is 0 Å². The van der Waals surface area contributed by atoms with Crippen molar-refractivity contribution in [2.75, 3.05) is 38.0 Å². The molecule has 0 atom stereocenters. The van der Waals surface area contributed by atoms with Crippen LogP contribution in [0.15, 0.2) is 55.0 Å². The predicted octanol–water partition coefficient (Wildman–Crippen LogP) is 4.91. The molecule has 1 aliphatic rings. The van der Waals surface area contributed by atoms with Gasteiger partial charge in [-0.05, 0) is 42.4 Å². The number of nitrogens with one attached hydrogen (secondary N) is 2. The molecule has 40 heavy (non-hydrogen) atoms. The van der Waals surface area contributed by atoms with E-state index in [1.807, 2.05) is 4.90 Å². The van der Waals surface area contributed by atoms with E-state index in [0.717, 1.165) is 25.7 Å². The molecule has 0 bridgehead atoms. The van der Waals surface area contributed by atoms with Crippen LogP contribution in [0.2, 0.25) is 0 Å². The molecule has 1 amide bonds. The number of carbonyl (C=O) groups is 1. The fraction of sp³-hybridized carbons (Fsp3) is 0.276. The lowest BCUT2D eigenvalue weighted by Crippen LogP contribution is -2.45. The Labute approximate surface area is 228 Å². The van der Waals surface area contributed by atoms with Gasteiger partial charge in [-0.2, -0.15) is 13.2 Å². The lowest BCUT2D eigenvalue weighted by molar-refractivity contribution is -0.138. The van der Waals surface area contributed by atoms with E-state index in [9.17, 15) is 22.4 Å². The number of halogens is 4. The number of pyridine rings is 2. The molecule has 0 spiro atoms. The first kappa shape index (κ1) is 27.3. The number of H-pyrrole nitrogens is 1. The number of hydrogen-bond acceptors (Lipinski definition) is 5. The SMILES string of the molecule is CCN1CCN(Cc2ccc(C(=O)Nc3cc(C#Cc4cnc5[nH]ccc5c4F)ccn3)cc2C(F)(F)F)CC1. The number of carbonyl (C=O) groups excluding carboxylic acids is 1. The first-order valence-corrected chi connectivity index (χ1v) is 12.8. The van der Waals surface area contributed by atoms with Gasteiger partial charge in [0, 0.05) is 62.4 Å². The monoisotopic (exact) mass is 550 g/mol. The Kier molecular flexibility index (Phi) is 7.82. The van der Waals surface area contributed by atoms with Gasteiger partial charge in [0.1, 0.15) is 11.5 Å². The van der Waals surface area contributed by atoms with Crippen LogP contribution in [0, 0.1) is 17.7 Å². The van der Waals surface area contributed by atoms with E-state index in [1.54, 1.807) is 18.3 Å². The summed E-state index contributed by atoms with van der Waals surface area (Å²) in [4.78, 5) is 28.1. The third kappa shape index (κ3) is 6.14. The number of hydrogen-bond donors (Lipinski definition) is 2. The zero-order valence-electron chi connectivity index (χ0n) is 21.6. The molecule has 11 heteroatoms. The number of aromatic amines is 1. The summed E-state index contributed by atoms with van der Waals surface area (Å²) in [5.41, 5.74) is 0.0890.